The molecule has 1 N–H and O–H groups in total. The summed E-state index contributed by atoms with van der Waals surface area (Å²) in [5.41, 5.74) is 4.64. The van der Waals surface area contributed by atoms with Crippen LogP contribution in [0, 0.1) is 13.8 Å². The number of carbonyl (C=O) groups is 1. The first-order chi connectivity index (χ1) is 15.0. The summed E-state index contributed by atoms with van der Waals surface area (Å²) in [7, 11) is 0. The number of nitrogens with zero attached hydrogens (tertiary/aromatic N) is 3. The molecule has 4 rings (SSSR count). The zero-order valence-corrected chi connectivity index (χ0v) is 17.8. The molecule has 0 aliphatic rings. The number of benzene rings is 3. The van der Waals surface area contributed by atoms with Gasteiger partial charge in [-0.15, -0.1) is 5.10 Å². The largest absolute Gasteiger partial charge is 0.494 e. The van der Waals surface area contributed by atoms with Crippen molar-refractivity contribution in [3.63, 3.8) is 0 Å². The minimum Gasteiger partial charge on any atom is -0.494 e. The summed E-state index contributed by atoms with van der Waals surface area (Å²) < 4.78 is 7.18. The first-order valence-corrected chi connectivity index (χ1v) is 10.2. The molecular weight excluding hydrogens is 388 g/mol. The fourth-order valence-electron chi connectivity index (χ4n) is 3.38. The van der Waals surface area contributed by atoms with Crippen molar-refractivity contribution < 1.29 is 9.53 Å². The van der Waals surface area contributed by atoms with Crippen LogP contribution in [0.4, 0.5) is 5.69 Å². The van der Waals surface area contributed by atoms with Gasteiger partial charge in [-0.05, 0) is 56.7 Å². The second kappa shape index (κ2) is 8.83. The maximum Gasteiger partial charge on any atom is 0.295 e. The topological polar surface area (TPSA) is 69.0 Å². The molecular formula is C25H24N4O2. The Balaban J connectivity index is 1.70. The Hall–Kier alpha value is -3.93. The number of nitrogens with one attached hydrogen (secondary N) is 1. The molecule has 0 aliphatic heterocycles. The van der Waals surface area contributed by atoms with Crippen LogP contribution < -0.4 is 10.1 Å². The van der Waals surface area contributed by atoms with Crippen molar-refractivity contribution in [2.75, 3.05) is 11.9 Å². The second-order valence-corrected chi connectivity index (χ2v) is 7.24. The number of hydrogen-bond donors (Lipinski definition) is 1. The average molecular weight is 412 g/mol. The zero-order valence-electron chi connectivity index (χ0n) is 17.8. The van der Waals surface area contributed by atoms with E-state index in [1.807, 2.05) is 75.4 Å². The van der Waals surface area contributed by atoms with Crippen LogP contribution in [0.5, 0.6) is 5.75 Å². The minimum atomic E-state index is -0.371. The summed E-state index contributed by atoms with van der Waals surface area (Å²) in [4.78, 5) is 17.5. The van der Waals surface area contributed by atoms with E-state index >= 15 is 0 Å². The van der Waals surface area contributed by atoms with Crippen LogP contribution >= 0.6 is 0 Å². The van der Waals surface area contributed by atoms with E-state index in [1.165, 1.54) is 0 Å². The zero-order chi connectivity index (χ0) is 21.8. The van der Waals surface area contributed by atoms with Gasteiger partial charge in [0.25, 0.3) is 5.91 Å². The quantitative estimate of drug-likeness (QED) is 0.472. The van der Waals surface area contributed by atoms with Gasteiger partial charge in [-0.2, -0.15) is 0 Å². The first-order valence-electron chi connectivity index (χ1n) is 10.2. The smallest absolute Gasteiger partial charge is 0.295 e. The Kier molecular flexibility index (Phi) is 5.80. The lowest BCUT2D eigenvalue weighted by atomic mass is 10.1. The van der Waals surface area contributed by atoms with Crippen LogP contribution in [-0.2, 0) is 0 Å². The average Bonchev–Trinajstić information content (AvgIpc) is 3.21. The lowest BCUT2D eigenvalue weighted by Crippen LogP contribution is -2.14. The maximum absolute atomic E-state index is 12.9. The SMILES string of the molecule is CCOc1ccc(NC(=O)c2nc(-c3ccccc3)n(-c3ccc(C)cc3C)n2)cc1. The van der Waals surface area contributed by atoms with E-state index in [1.54, 1.807) is 16.8 Å². The van der Waals surface area contributed by atoms with Crippen LogP contribution in [0.1, 0.15) is 28.7 Å². The standard InChI is InChI=1S/C25H24N4O2/c1-4-31-21-13-11-20(12-14-21)26-25(30)23-27-24(19-8-6-5-7-9-19)29(28-23)22-15-10-17(2)16-18(22)3/h5-16H,4H2,1-3H3,(H,26,30). The van der Waals surface area contributed by atoms with Gasteiger partial charge in [-0.25, -0.2) is 9.67 Å². The fraction of sp³-hybridized carbons (Fsp3) is 0.160. The molecule has 0 fully saturated rings. The number of anilines is 1. The molecule has 6 heteroatoms. The van der Waals surface area contributed by atoms with Gasteiger partial charge in [-0.1, -0.05) is 48.0 Å². The third kappa shape index (κ3) is 4.48. The molecule has 3 aromatic carbocycles. The van der Waals surface area contributed by atoms with Gasteiger partial charge in [0, 0.05) is 11.3 Å². The van der Waals surface area contributed by atoms with Gasteiger partial charge >= 0.3 is 0 Å². The van der Waals surface area contributed by atoms with E-state index in [2.05, 4.69) is 21.5 Å². The Bertz CT molecular complexity index is 1200. The molecule has 0 atom stereocenters. The van der Waals surface area contributed by atoms with Crippen LogP contribution in [0.25, 0.3) is 17.1 Å². The monoisotopic (exact) mass is 412 g/mol. The van der Waals surface area contributed by atoms with Gasteiger partial charge in [0.05, 0.1) is 12.3 Å². The van der Waals surface area contributed by atoms with Crippen molar-refractivity contribution in [3.05, 3.63) is 89.7 Å². The molecule has 4 aromatic rings. The van der Waals surface area contributed by atoms with Crippen molar-refractivity contribution in [3.8, 4) is 22.8 Å². The summed E-state index contributed by atoms with van der Waals surface area (Å²) in [6, 6.07) is 23.1. The predicted molar refractivity (Wildman–Crippen MR) is 122 cm³/mol. The molecule has 1 aromatic heterocycles. The summed E-state index contributed by atoms with van der Waals surface area (Å²) in [5, 5.41) is 7.42. The third-order valence-corrected chi connectivity index (χ3v) is 4.85. The highest BCUT2D eigenvalue weighted by atomic mass is 16.5. The fourth-order valence-corrected chi connectivity index (χ4v) is 3.38. The summed E-state index contributed by atoms with van der Waals surface area (Å²) in [6.45, 7) is 6.59. The summed E-state index contributed by atoms with van der Waals surface area (Å²) >= 11 is 0. The highest BCUT2D eigenvalue weighted by Gasteiger charge is 2.20. The van der Waals surface area contributed by atoms with E-state index < -0.39 is 0 Å². The molecule has 0 radical (unpaired) electrons. The van der Waals surface area contributed by atoms with Crippen molar-refractivity contribution in [2.24, 2.45) is 0 Å². The molecule has 1 heterocycles. The molecule has 156 valence electrons. The van der Waals surface area contributed by atoms with E-state index in [9.17, 15) is 4.79 Å². The van der Waals surface area contributed by atoms with Crippen LogP contribution in [-0.4, -0.2) is 27.3 Å². The normalized spacial score (nSPS) is 10.7. The molecule has 0 spiro atoms. The number of amides is 1. The number of ether oxygens (including phenoxy) is 1. The van der Waals surface area contributed by atoms with E-state index in [0.29, 0.717) is 18.1 Å². The van der Waals surface area contributed by atoms with Gasteiger partial charge in [0.1, 0.15) is 5.75 Å². The van der Waals surface area contributed by atoms with Gasteiger partial charge in [0.2, 0.25) is 5.82 Å². The van der Waals surface area contributed by atoms with Crippen LogP contribution in [0.2, 0.25) is 0 Å². The molecule has 6 nitrogen and oxygen atoms in total. The van der Waals surface area contributed by atoms with E-state index in [4.69, 9.17) is 4.74 Å². The lowest BCUT2D eigenvalue weighted by Gasteiger charge is -2.09. The van der Waals surface area contributed by atoms with Gasteiger partial charge < -0.3 is 10.1 Å². The highest BCUT2D eigenvalue weighted by Crippen LogP contribution is 2.24. The molecule has 0 unspecified atom stereocenters. The number of rotatable bonds is 6. The number of aryl methyl sites for hydroxylation is 2. The second-order valence-electron chi connectivity index (χ2n) is 7.24. The van der Waals surface area contributed by atoms with Crippen LogP contribution in [0.15, 0.2) is 72.8 Å². The van der Waals surface area contributed by atoms with Crippen LogP contribution in [0.3, 0.4) is 0 Å². The van der Waals surface area contributed by atoms with Crippen molar-refractivity contribution in [2.45, 2.75) is 20.8 Å². The third-order valence-electron chi connectivity index (χ3n) is 4.85. The maximum atomic E-state index is 12.9. The Labute approximate surface area is 181 Å². The molecule has 31 heavy (non-hydrogen) atoms. The molecule has 0 bridgehead atoms. The highest BCUT2D eigenvalue weighted by molar-refractivity contribution is 6.01. The molecule has 0 saturated carbocycles. The minimum absolute atomic E-state index is 0.104. The number of hydrogen-bond acceptors (Lipinski definition) is 4. The van der Waals surface area contributed by atoms with E-state index in [0.717, 1.165) is 28.1 Å². The number of aromatic nitrogens is 3. The number of carbonyl (C=O) groups excluding carboxylic acids is 1. The van der Waals surface area contributed by atoms with Gasteiger partial charge in [-0.3, -0.25) is 4.79 Å². The Morgan fingerprint density at radius 1 is 1.00 bits per heavy atom. The predicted octanol–water partition coefficient (Wildman–Crippen LogP) is 5.20. The summed E-state index contributed by atoms with van der Waals surface area (Å²) in [6.07, 6.45) is 0. The lowest BCUT2D eigenvalue weighted by molar-refractivity contribution is 0.101. The molecule has 0 saturated heterocycles. The molecule has 0 aliphatic carbocycles. The van der Waals surface area contributed by atoms with E-state index in [-0.39, 0.29) is 11.7 Å². The Morgan fingerprint density at radius 3 is 2.42 bits per heavy atom. The first kappa shape index (κ1) is 20.3. The Morgan fingerprint density at radius 2 is 1.74 bits per heavy atom. The van der Waals surface area contributed by atoms with Gasteiger partial charge in [0.15, 0.2) is 5.82 Å². The molecule has 1 amide bonds. The van der Waals surface area contributed by atoms with Crippen molar-refractivity contribution in [1.29, 1.82) is 0 Å². The summed E-state index contributed by atoms with van der Waals surface area (Å²) in [5.74, 6) is 1.10. The van der Waals surface area contributed by atoms with Crippen molar-refractivity contribution in [1.82, 2.24) is 14.8 Å². The van der Waals surface area contributed by atoms with Crippen molar-refractivity contribution >= 4 is 11.6 Å².